The lowest BCUT2D eigenvalue weighted by Gasteiger charge is -2.09. The van der Waals surface area contributed by atoms with Crippen LogP contribution in [0.15, 0.2) is 74.2 Å². The zero-order chi connectivity index (χ0) is 29.7. The fourth-order valence-electron chi connectivity index (χ4n) is 3.60. The molecule has 0 fully saturated rings. The van der Waals surface area contributed by atoms with Gasteiger partial charge in [0.05, 0.1) is 15.5 Å². The van der Waals surface area contributed by atoms with Crippen molar-refractivity contribution in [2.24, 2.45) is 0 Å². The summed E-state index contributed by atoms with van der Waals surface area (Å²) >= 11 is 0. The Bertz CT molecular complexity index is 2020. The van der Waals surface area contributed by atoms with Gasteiger partial charge in [0.15, 0.2) is 0 Å². The number of nitrogen functional groups attached to an aromatic ring is 2. The first kappa shape index (κ1) is 30.0. The summed E-state index contributed by atoms with van der Waals surface area (Å²) < 4.78 is 125. The van der Waals surface area contributed by atoms with Crippen molar-refractivity contribution in [2.45, 2.75) is 19.6 Å². The van der Waals surface area contributed by atoms with Gasteiger partial charge in [0.1, 0.15) is 15.5 Å². The monoisotopic (exact) mass is 622 g/mol. The van der Waals surface area contributed by atoms with Crippen LogP contribution in [-0.2, 0) is 40.5 Å². The zero-order valence-electron chi connectivity index (χ0n) is 19.0. The number of benzene rings is 4. The molecule has 39 heavy (non-hydrogen) atoms. The Morgan fingerprint density at radius 2 is 1.10 bits per heavy atom. The van der Waals surface area contributed by atoms with Crippen molar-refractivity contribution in [3.8, 4) is 5.75 Å². The minimum absolute atomic E-state index is 0.00444. The number of aromatic hydroxyl groups is 1. The normalized spacial score (nSPS) is 12.7. The second-order valence-electron chi connectivity index (χ2n) is 7.79. The van der Waals surface area contributed by atoms with Crippen LogP contribution >= 0.6 is 0 Å². The first-order valence-electron chi connectivity index (χ1n) is 9.90. The van der Waals surface area contributed by atoms with E-state index >= 15 is 0 Å². The van der Waals surface area contributed by atoms with Crippen LogP contribution in [0.25, 0.3) is 21.5 Å². The van der Waals surface area contributed by atoms with Gasteiger partial charge in [-0.1, -0.05) is 18.2 Å². The van der Waals surface area contributed by atoms with Gasteiger partial charge in [0.2, 0.25) is 0 Å². The topological polar surface area (TPSA) is 290 Å². The summed E-state index contributed by atoms with van der Waals surface area (Å²) in [5, 5.41) is 9.53. The van der Waals surface area contributed by atoms with Gasteiger partial charge in [-0.05, 0) is 35.7 Å². The first-order valence-corrected chi connectivity index (χ1v) is 15.7. The lowest BCUT2D eigenvalue weighted by Crippen LogP contribution is -2.06. The third-order valence-corrected chi connectivity index (χ3v) is 8.69. The molecule has 0 heterocycles. The molecule has 0 saturated heterocycles. The average Bonchev–Trinajstić information content (AvgIpc) is 2.75. The van der Waals surface area contributed by atoms with Gasteiger partial charge in [0.25, 0.3) is 40.5 Å². The van der Waals surface area contributed by atoms with Crippen molar-refractivity contribution in [3.63, 3.8) is 0 Å². The summed E-state index contributed by atoms with van der Waals surface area (Å²) in [5.74, 6) is -0.547. The maximum absolute atomic E-state index is 11.3. The third-order valence-electron chi connectivity index (χ3n) is 5.14. The number of hydrogen-bond acceptors (Lipinski definition) is 11. The molecule has 0 aliphatic carbocycles. The van der Waals surface area contributed by atoms with Crippen molar-refractivity contribution < 1.29 is 57.0 Å². The molecule has 15 nitrogen and oxygen atoms in total. The van der Waals surface area contributed by atoms with Gasteiger partial charge in [-0.25, -0.2) is 0 Å². The summed E-state index contributed by atoms with van der Waals surface area (Å²) in [6.45, 7) is 0. The van der Waals surface area contributed by atoms with E-state index in [4.69, 9.17) is 29.7 Å². The highest BCUT2D eigenvalue weighted by Crippen LogP contribution is 2.35. The standard InChI is InChI=1S/C10H9NO7S2.C10H9NO6S2/c11-8-3-6(19(13,14)15)1-5-2-7(20(16,17)18)4-9(12)10(5)8;11-8-5-4-6-7(10(8)19(15,16)17)2-1-3-9(6)18(12,13)14/h1-4,12H,11H2,(H,13,14,15)(H,16,17,18);1-5H,11H2,(H,12,13,14)(H,15,16,17). The van der Waals surface area contributed by atoms with E-state index in [1.807, 2.05) is 0 Å². The Morgan fingerprint density at radius 1 is 0.564 bits per heavy atom. The second kappa shape index (κ2) is 9.88. The average molecular weight is 623 g/mol. The van der Waals surface area contributed by atoms with Crippen LogP contribution in [0.3, 0.4) is 0 Å². The largest absolute Gasteiger partial charge is 0.507 e. The van der Waals surface area contributed by atoms with E-state index in [0.29, 0.717) is 0 Å². The minimum Gasteiger partial charge on any atom is -0.507 e. The Balaban J connectivity index is 0.000000216. The van der Waals surface area contributed by atoms with Crippen LogP contribution in [0, 0.1) is 0 Å². The molecule has 4 aromatic carbocycles. The van der Waals surface area contributed by atoms with E-state index in [2.05, 4.69) is 0 Å². The number of hydrogen-bond donors (Lipinski definition) is 7. The van der Waals surface area contributed by atoms with E-state index in [9.17, 15) is 38.8 Å². The van der Waals surface area contributed by atoms with Crippen molar-refractivity contribution in [1.82, 2.24) is 0 Å². The predicted octanol–water partition coefficient (Wildman–Crippen LogP) is 1.54. The van der Waals surface area contributed by atoms with Crippen LogP contribution in [0.5, 0.6) is 5.75 Å². The van der Waals surface area contributed by atoms with Gasteiger partial charge in [0, 0.05) is 27.9 Å². The maximum Gasteiger partial charge on any atom is 0.297 e. The Labute approximate surface area is 221 Å². The van der Waals surface area contributed by atoms with Crippen molar-refractivity contribution in [3.05, 3.63) is 54.6 Å². The molecule has 0 spiro atoms. The number of rotatable bonds is 4. The van der Waals surface area contributed by atoms with E-state index in [0.717, 1.165) is 36.4 Å². The van der Waals surface area contributed by atoms with Crippen LogP contribution in [0.4, 0.5) is 11.4 Å². The highest BCUT2D eigenvalue weighted by molar-refractivity contribution is 7.87. The number of phenols is 1. The number of nitrogens with two attached hydrogens (primary N) is 2. The van der Waals surface area contributed by atoms with E-state index in [-0.39, 0.29) is 32.9 Å². The lowest BCUT2D eigenvalue weighted by molar-refractivity contribution is 0.471. The molecule has 0 bridgehead atoms. The van der Waals surface area contributed by atoms with E-state index in [1.54, 1.807) is 0 Å². The first-order chi connectivity index (χ1) is 17.6. The molecule has 0 amide bonds. The van der Waals surface area contributed by atoms with Crippen LogP contribution < -0.4 is 11.5 Å². The Hall–Kier alpha value is -3.56. The summed E-state index contributed by atoms with van der Waals surface area (Å²) in [4.78, 5) is -2.24. The van der Waals surface area contributed by atoms with Gasteiger partial charge >= 0.3 is 0 Å². The van der Waals surface area contributed by atoms with Gasteiger partial charge in [-0.3, -0.25) is 18.2 Å². The molecule has 0 radical (unpaired) electrons. The summed E-state index contributed by atoms with van der Waals surface area (Å²) in [6.07, 6.45) is 0. The molecule has 9 N–H and O–H groups in total. The summed E-state index contributed by atoms with van der Waals surface area (Å²) in [5.41, 5.74) is 10.7. The molecule has 4 aromatic rings. The highest BCUT2D eigenvalue weighted by atomic mass is 32.2. The summed E-state index contributed by atoms with van der Waals surface area (Å²) in [6, 6.07) is 9.57. The van der Waals surface area contributed by atoms with Crippen LogP contribution in [-0.4, -0.2) is 57.0 Å². The predicted molar refractivity (Wildman–Crippen MR) is 138 cm³/mol. The molecule has 210 valence electrons. The van der Waals surface area contributed by atoms with E-state index in [1.165, 1.54) is 18.2 Å². The minimum atomic E-state index is -4.62. The highest BCUT2D eigenvalue weighted by Gasteiger charge is 2.22. The molecular formula is C20H18N2O13S4. The van der Waals surface area contributed by atoms with Gasteiger partial charge < -0.3 is 16.6 Å². The van der Waals surface area contributed by atoms with Crippen LogP contribution in [0.2, 0.25) is 0 Å². The fourth-order valence-corrected chi connectivity index (χ4v) is 6.22. The van der Waals surface area contributed by atoms with Gasteiger partial charge in [-0.2, -0.15) is 33.7 Å². The number of phenolic OH excluding ortho intramolecular Hbond substituents is 1. The number of anilines is 2. The lowest BCUT2D eigenvalue weighted by atomic mass is 10.1. The smallest absolute Gasteiger partial charge is 0.297 e. The van der Waals surface area contributed by atoms with E-state index < -0.39 is 65.8 Å². The molecule has 0 aliphatic rings. The molecule has 19 heteroatoms. The van der Waals surface area contributed by atoms with Crippen LogP contribution in [0.1, 0.15) is 0 Å². The fraction of sp³-hybridized carbons (Fsp3) is 0. The molecule has 0 unspecified atom stereocenters. The second-order valence-corrected chi connectivity index (χ2v) is 13.4. The molecule has 0 aromatic heterocycles. The molecule has 4 rings (SSSR count). The maximum atomic E-state index is 11.3. The third kappa shape index (κ3) is 6.37. The zero-order valence-corrected chi connectivity index (χ0v) is 22.3. The molecule has 0 aliphatic heterocycles. The molecular weight excluding hydrogens is 604 g/mol. The Kier molecular flexibility index (Phi) is 7.60. The number of fused-ring (bicyclic) bond motifs is 2. The Morgan fingerprint density at radius 3 is 1.59 bits per heavy atom. The quantitative estimate of drug-likeness (QED) is 0.125. The van der Waals surface area contributed by atoms with Gasteiger partial charge in [-0.15, -0.1) is 0 Å². The molecule has 0 atom stereocenters. The SMILES string of the molecule is Nc1cc(S(=O)(=O)O)cc2cc(S(=O)(=O)O)cc(O)c12.Nc1ccc2c(S(=O)(=O)O)cccc2c1S(=O)(=O)O. The summed E-state index contributed by atoms with van der Waals surface area (Å²) in [7, 11) is -18.3. The van der Waals surface area contributed by atoms with Crippen molar-refractivity contribution >= 4 is 73.4 Å². The van der Waals surface area contributed by atoms with Crippen molar-refractivity contribution in [1.29, 1.82) is 0 Å². The molecule has 0 saturated carbocycles. The van der Waals surface area contributed by atoms with Crippen molar-refractivity contribution in [2.75, 3.05) is 11.5 Å².